The van der Waals surface area contributed by atoms with Crippen molar-refractivity contribution < 1.29 is 18.0 Å². The van der Waals surface area contributed by atoms with Gasteiger partial charge in [0.05, 0.1) is 6.61 Å². The number of aromatic nitrogens is 1. The Kier molecular flexibility index (Phi) is 5.23. The lowest BCUT2D eigenvalue weighted by atomic mass is 9.88. The van der Waals surface area contributed by atoms with Crippen LogP contribution in [0.25, 0.3) is 0 Å². The first kappa shape index (κ1) is 18.1. The zero-order chi connectivity index (χ0) is 16.5. The van der Waals surface area contributed by atoms with E-state index in [0.29, 0.717) is 11.5 Å². The van der Waals surface area contributed by atoms with Crippen molar-refractivity contribution in [2.45, 2.75) is 58.8 Å². The van der Waals surface area contributed by atoms with Gasteiger partial charge in [-0.25, -0.2) is 13.1 Å². The number of hydrogen-bond acceptors (Lipinski definition) is 5. The second kappa shape index (κ2) is 6.06. The fraction of sp³-hybridized carbons (Fsp3) is 0.786. The van der Waals surface area contributed by atoms with Crippen molar-refractivity contribution in [3.8, 4) is 0 Å². The van der Waals surface area contributed by atoms with Gasteiger partial charge in [-0.15, -0.1) is 0 Å². The molecule has 1 unspecified atom stereocenters. The van der Waals surface area contributed by atoms with Crippen LogP contribution >= 0.6 is 0 Å². The largest absolute Gasteiger partial charge is 0.395 e. The zero-order valence-corrected chi connectivity index (χ0v) is 14.4. The molecule has 0 aliphatic rings. The van der Waals surface area contributed by atoms with E-state index in [2.05, 4.69) is 9.88 Å². The number of nitrogens with one attached hydrogen (secondary N) is 1. The lowest BCUT2D eigenvalue weighted by Gasteiger charge is -2.29. The summed E-state index contributed by atoms with van der Waals surface area (Å²) in [5, 5.41) is 13.1. The van der Waals surface area contributed by atoms with E-state index >= 15 is 0 Å². The van der Waals surface area contributed by atoms with Crippen LogP contribution in [0.15, 0.2) is 10.6 Å². The van der Waals surface area contributed by atoms with Crippen LogP contribution < -0.4 is 4.72 Å². The number of sulfonamides is 1. The Labute approximate surface area is 127 Å². The molecular formula is C14H26N2O4S. The van der Waals surface area contributed by atoms with Crippen molar-refractivity contribution in [2.75, 3.05) is 6.61 Å². The molecule has 0 radical (unpaired) electrons. The molecule has 0 aliphatic heterocycles. The maximum Gasteiger partial charge on any atom is 0.217 e. The molecule has 0 spiro atoms. The molecule has 21 heavy (non-hydrogen) atoms. The molecule has 0 saturated carbocycles. The van der Waals surface area contributed by atoms with Gasteiger partial charge in [-0.3, -0.25) is 0 Å². The van der Waals surface area contributed by atoms with Crippen LogP contribution in [-0.4, -0.2) is 31.3 Å². The molecule has 6 nitrogen and oxygen atoms in total. The van der Waals surface area contributed by atoms with Gasteiger partial charge in [0.1, 0.15) is 17.2 Å². The topological polar surface area (TPSA) is 92.4 Å². The molecule has 2 N–H and O–H groups in total. The van der Waals surface area contributed by atoms with Crippen molar-refractivity contribution in [1.82, 2.24) is 9.88 Å². The van der Waals surface area contributed by atoms with E-state index in [1.807, 2.05) is 41.5 Å². The Balaban J connectivity index is 2.84. The SMILES string of the molecule is CC(C)(C)c1cc(CS(=O)(=O)NC(CO)C(C)(C)C)no1. The predicted molar refractivity (Wildman–Crippen MR) is 81.3 cm³/mol. The summed E-state index contributed by atoms with van der Waals surface area (Å²) in [5.41, 5.74) is -0.234. The Morgan fingerprint density at radius 1 is 1.29 bits per heavy atom. The number of hydrogen-bond donors (Lipinski definition) is 2. The number of aliphatic hydroxyl groups is 1. The average molecular weight is 318 g/mol. The van der Waals surface area contributed by atoms with E-state index in [1.165, 1.54) is 0 Å². The third-order valence-corrected chi connectivity index (χ3v) is 4.51. The fourth-order valence-corrected chi connectivity index (χ4v) is 3.14. The quantitative estimate of drug-likeness (QED) is 0.863. The van der Waals surface area contributed by atoms with Crippen LogP contribution in [0.2, 0.25) is 0 Å². The van der Waals surface area contributed by atoms with Crippen LogP contribution in [0, 0.1) is 5.41 Å². The molecule has 0 aromatic carbocycles. The number of aliphatic hydroxyl groups excluding tert-OH is 1. The summed E-state index contributed by atoms with van der Waals surface area (Å²) in [6.07, 6.45) is 0. The summed E-state index contributed by atoms with van der Waals surface area (Å²) in [5.74, 6) is 0.376. The normalized spacial score (nSPS) is 15.2. The molecular weight excluding hydrogens is 292 g/mol. The standard InChI is InChI=1S/C14H26N2O4S/c1-13(2,3)11(8-17)16-21(18,19)9-10-7-12(20-15-10)14(4,5)6/h7,11,16-17H,8-9H2,1-6H3. The molecule has 7 heteroatoms. The van der Waals surface area contributed by atoms with Crippen molar-refractivity contribution in [2.24, 2.45) is 5.41 Å². The van der Waals surface area contributed by atoms with Gasteiger partial charge in [0.2, 0.25) is 10.0 Å². The maximum absolute atomic E-state index is 12.2. The molecule has 0 saturated heterocycles. The average Bonchev–Trinajstić information content (AvgIpc) is 2.71. The van der Waals surface area contributed by atoms with Gasteiger partial charge in [0.15, 0.2) is 0 Å². The third-order valence-electron chi connectivity index (χ3n) is 3.19. The van der Waals surface area contributed by atoms with Gasteiger partial charge in [0.25, 0.3) is 0 Å². The second-order valence-corrected chi connectivity index (χ2v) is 9.16. The van der Waals surface area contributed by atoms with E-state index in [9.17, 15) is 13.5 Å². The van der Waals surface area contributed by atoms with Crippen LogP contribution in [0.5, 0.6) is 0 Å². The first-order valence-corrected chi connectivity index (χ1v) is 8.57. The second-order valence-electron chi connectivity index (χ2n) is 7.41. The van der Waals surface area contributed by atoms with Crippen molar-refractivity contribution >= 4 is 10.0 Å². The summed E-state index contributed by atoms with van der Waals surface area (Å²) < 4.78 is 32.0. The molecule has 1 heterocycles. The van der Waals surface area contributed by atoms with Gasteiger partial charge in [0, 0.05) is 17.5 Å². The maximum atomic E-state index is 12.2. The highest BCUT2D eigenvalue weighted by Gasteiger charge is 2.29. The van der Waals surface area contributed by atoms with Gasteiger partial charge in [-0.05, 0) is 5.41 Å². The lowest BCUT2D eigenvalue weighted by Crippen LogP contribution is -2.46. The minimum atomic E-state index is -3.59. The Bertz CT molecular complexity index is 565. The molecule has 0 amide bonds. The lowest BCUT2D eigenvalue weighted by molar-refractivity contribution is 0.177. The summed E-state index contributed by atoms with van der Waals surface area (Å²) >= 11 is 0. The highest BCUT2D eigenvalue weighted by molar-refractivity contribution is 7.88. The van der Waals surface area contributed by atoms with E-state index < -0.39 is 16.1 Å². The molecule has 1 aromatic rings. The van der Waals surface area contributed by atoms with E-state index in [-0.39, 0.29) is 23.2 Å². The molecule has 1 aromatic heterocycles. The molecule has 0 bridgehead atoms. The monoisotopic (exact) mass is 318 g/mol. The zero-order valence-electron chi connectivity index (χ0n) is 13.6. The first-order valence-electron chi connectivity index (χ1n) is 6.92. The van der Waals surface area contributed by atoms with E-state index in [4.69, 9.17) is 4.52 Å². The first-order chi connectivity index (χ1) is 9.35. The van der Waals surface area contributed by atoms with E-state index in [0.717, 1.165) is 0 Å². The van der Waals surface area contributed by atoms with Crippen molar-refractivity contribution in [3.05, 3.63) is 17.5 Å². The fourth-order valence-electron chi connectivity index (χ4n) is 1.67. The summed E-state index contributed by atoms with van der Waals surface area (Å²) in [7, 11) is -3.59. The Hall–Kier alpha value is -0.920. The highest BCUT2D eigenvalue weighted by atomic mass is 32.2. The van der Waals surface area contributed by atoms with Crippen molar-refractivity contribution in [1.29, 1.82) is 0 Å². The minimum absolute atomic E-state index is 0.221. The van der Waals surface area contributed by atoms with Crippen molar-refractivity contribution in [3.63, 3.8) is 0 Å². The third kappa shape index (κ3) is 5.41. The van der Waals surface area contributed by atoms with Gasteiger partial charge < -0.3 is 9.63 Å². The van der Waals surface area contributed by atoms with Crippen LogP contribution in [0.1, 0.15) is 53.0 Å². The molecule has 1 atom stereocenters. The van der Waals surface area contributed by atoms with Crippen LogP contribution in [0.3, 0.4) is 0 Å². The summed E-state index contributed by atoms with van der Waals surface area (Å²) in [6.45, 7) is 11.2. The molecule has 1 rings (SSSR count). The van der Waals surface area contributed by atoms with Gasteiger partial charge in [-0.2, -0.15) is 0 Å². The Morgan fingerprint density at radius 2 is 1.86 bits per heavy atom. The number of nitrogens with zero attached hydrogens (tertiary/aromatic N) is 1. The van der Waals surface area contributed by atoms with Gasteiger partial charge in [-0.1, -0.05) is 46.7 Å². The smallest absolute Gasteiger partial charge is 0.217 e. The summed E-state index contributed by atoms with van der Waals surface area (Å²) in [4.78, 5) is 0. The minimum Gasteiger partial charge on any atom is -0.395 e. The number of rotatable bonds is 5. The Morgan fingerprint density at radius 3 is 2.24 bits per heavy atom. The van der Waals surface area contributed by atoms with E-state index in [1.54, 1.807) is 6.07 Å². The molecule has 122 valence electrons. The summed E-state index contributed by atoms with van der Waals surface area (Å²) in [6, 6.07) is 1.11. The van der Waals surface area contributed by atoms with Crippen LogP contribution in [-0.2, 0) is 21.2 Å². The predicted octanol–water partition coefficient (Wildman–Crippen LogP) is 1.80. The highest BCUT2D eigenvalue weighted by Crippen LogP contribution is 2.24. The molecule has 0 fully saturated rings. The van der Waals surface area contributed by atoms with Crippen LogP contribution in [0.4, 0.5) is 0 Å². The molecule has 0 aliphatic carbocycles. The van der Waals surface area contributed by atoms with Gasteiger partial charge >= 0.3 is 0 Å².